The number of thiophene rings is 1. The quantitative estimate of drug-likeness (QED) is 0.826. The van der Waals surface area contributed by atoms with E-state index in [4.69, 9.17) is 0 Å². The highest BCUT2D eigenvalue weighted by Gasteiger charge is 2.16. The Bertz CT molecular complexity index is 343. The molecule has 0 bridgehead atoms. The van der Waals surface area contributed by atoms with Crippen LogP contribution in [0.1, 0.15) is 32.8 Å². The smallest absolute Gasteiger partial charge is 0.224 e. The zero-order valence-corrected chi connectivity index (χ0v) is 13.0. The number of carbonyl (C=O) groups excluding carboxylic acids is 1. The van der Waals surface area contributed by atoms with Crippen molar-refractivity contribution in [2.45, 2.75) is 38.4 Å². The third-order valence-corrected chi connectivity index (χ3v) is 3.68. The maximum Gasteiger partial charge on any atom is 0.224 e. The molecule has 0 radical (unpaired) electrons. The van der Waals surface area contributed by atoms with Crippen LogP contribution in [0.2, 0.25) is 0 Å². The summed E-state index contributed by atoms with van der Waals surface area (Å²) in [5, 5.41) is 6.97. The Kier molecular flexibility index (Phi) is 5.67. The largest absolute Gasteiger partial charge is 0.355 e. The summed E-state index contributed by atoms with van der Waals surface area (Å²) >= 11 is 5.23. The van der Waals surface area contributed by atoms with Crippen LogP contribution >= 0.6 is 27.3 Å². The minimum atomic E-state index is 0.0989. The van der Waals surface area contributed by atoms with Gasteiger partial charge in [-0.3, -0.25) is 4.79 Å². The van der Waals surface area contributed by atoms with Crippen molar-refractivity contribution in [2.75, 3.05) is 6.54 Å². The Labute approximate surface area is 116 Å². The lowest BCUT2D eigenvalue weighted by molar-refractivity contribution is -0.120. The number of hydrogen-bond donors (Lipinski definition) is 1. The summed E-state index contributed by atoms with van der Waals surface area (Å²) in [7, 11) is 0. The molecule has 1 aromatic rings. The van der Waals surface area contributed by atoms with Crippen molar-refractivity contribution < 1.29 is 4.79 Å². The summed E-state index contributed by atoms with van der Waals surface area (Å²) < 4.78 is 0. The van der Waals surface area contributed by atoms with Crippen molar-refractivity contribution in [3.05, 3.63) is 22.4 Å². The second-order valence-electron chi connectivity index (χ2n) is 5.47. The Balaban J connectivity index is 2.24. The number of nitrogens with one attached hydrogen (secondary N) is 1. The average Bonchev–Trinajstić information content (AvgIpc) is 2.64. The van der Waals surface area contributed by atoms with E-state index in [0.29, 0.717) is 17.8 Å². The number of halogens is 1. The fourth-order valence-electron chi connectivity index (χ4n) is 1.60. The zero-order valence-electron chi connectivity index (χ0n) is 10.6. The van der Waals surface area contributed by atoms with Gasteiger partial charge in [-0.15, -0.1) is 0 Å². The predicted molar refractivity (Wildman–Crippen MR) is 77.8 cm³/mol. The average molecular weight is 318 g/mol. The van der Waals surface area contributed by atoms with E-state index in [-0.39, 0.29) is 11.3 Å². The first-order chi connectivity index (χ1) is 7.87. The molecule has 2 nitrogen and oxygen atoms in total. The summed E-state index contributed by atoms with van der Waals surface area (Å²) in [6.45, 7) is 7.30. The standard InChI is InChI=1S/C13H20BrNOS/c1-13(2,3)7-11(14)8-15-12(16)6-10-4-5-17-9-10/h4-5,9,11H,6-8H2,1-3H3,(H,15,16). The first-order valence-electron chi connectivity index (χ1n) is 5.79. The van der Waals surface area contributed by atoms with Crippen molar-refractivity contribution in [1.29, 1.82) is 0 Å². The molecule has 0 aliphatic carbocycles. The highest BCUT2D eigenvalue weighted by molar-refractivity contribution is 9.09. The van der Waals surface area contributed by atoms with Gasteiger partial charge < -0.3 is 5.32 Å². The van der Waals surface area contributed by atoms with E-state index in [1.807, 2.05) is 16.8 Å². The van der Waals surface area contributed by atoms with Crippen molar-refractivity contribution in [1.82, 2.24) is 5.32 Å². The van der Waals surface area contributed by atoms with Crippen LogP contribution in [0.3, 0.4) is 0 Å². The predicted octanol–water partition coefficient (Wildman–Crippen LogP) is 3.61. The van der Waals surface area contributed by atoms with Gasteiger partial charge in [-0.05, 0) is 34.2 Å². The number of hydrogen-bond acceptors (Lipinski definition) is 2. The van der Waals surface area contributed by atoms with E-state index in [1.54, 1.807) is 11.3 Å². The Hall–Kier alpha value is -0.350. The van der Waals surface area contributed by atoms with Crippen LogP contribution in [0.5, 0.6) is 0 Å². The lowest BCUT2D eigenvalue weighted by Crippen LogP contribution is -2.32. The highest BCUT2D eigenvalue weighted by atomic mass is 79.9. The topological polar surface area (TPSA) is 29.1 Å². The minimum absolute atomic E-state index is 0.0989. The fraction of sp³-hybridized carbons (Fsp3) is 0.615. The third-order valence-electron chi connectivity index (χ3n) is 2.30. The second-order valence-corrected chi connectivity index (χ2v) is 7.55. The summed E-state index contributed by atoms with van der Waals surface area (Å²) in [6.07, 6.45) is 1.53. The Morgan fingerprint density at radius 2 is 2.24 bits per heavy atom. The molecule has 0 aliphatic rings. The summed E-state index contributed by atoms with van der Waals surface area (Å²) in [5.41, 5.74) is 1.38. The molecule has 1 unspecified atom stereocenters. The van der Waals surface area contributed by atoms with Gasteiger partial charge in [0.1, 0.15) is 0 Å². The molecule has 96 valence electrons. The van der Waals surface area contributed by atoms with E-state index < -0.39 is 0 Å². The molecule has 1 heterocycles. The van der Waals surface area contributed by atoms with E-state index >= 15 is 0 Å². The SMILES string of the molecule is CC(C)(C)CC(Br)CNC(=O)Cc1ccsc1. The van der Waals surface area contributed by atoms with E-state index in [9.17, 15) is 4.79 Å². The first kappa shape index (κ1) is 14.7. The molecule has 0 fully saturated rings. The maximum absolute atomic E-state index is 11.7. The molecule has 1 rings (SSSR count). The second kappa shape index (κ2) is 6.55. The highest BCUT2D eigenvalue weighted by Crippen LogP contribution is 2.24. The number of alkyl halides is 1. The van der Waals surface area contributed by atoms with Gasteiger partial charge in [-0.2, -0.15) is 11.3 Å². The molecule has 0 saturated heterocycles. The van der Waals surface area contributed by atoms with Gasteiger partial charge in [-0.1, -0.05) is 36.7 Å². The normalized spacial score (nSPS) is 13.4. The van der Waals surface area contributed by atoms with Crippen molar-refractivity contribution >= 4 is 33.2 Å². The summed E-state index contributed by atoms with van der Waals surface area (Å²) in [6, 6.07) is 1.99. The number of rotatable bonds is 5. The molecule has 0 saturated carbocycles. The van der Waals surface area contributed by atoms with Crippen LogP contribution in [0.15, 0.2) is 16.8 Å². The molecular formula is C13H20BrNOS. The van der Waals surface area contributed by atoms with Gasteiger partial charge in [0.15, 0.2) is 0 Å². The molecule has 1 atom stereocenters. The van der Waals surface area contributed by atoms with Gasteiger partial charge in [0.25, 0.3) is 0 Å². The third kappa shape index (κ3) is 6.84. The van der Waals surface area contributed by atoms with Crippen LogP contribution in [0.25, 0.3) is 0 Å². The van der Waals surface area contributed by atoms with E-state index in [2.05, 4.69) is 42.0 Å². The molecule has 17 heavy (non-hydrogen) atoms. The minimum Gasteiger partial charge on any atom is -0.355 e. The van der Waals surface area contributed by atoms with Gasteiger partial charge in [-0.25, -0.2) is 0 Å². The molecule has 0 aliphatic heterocycles. The van der Waals surface area contributed by atoms with Crippen LogP contribution in [0.4, 0.5) is 0 Å². The van der Waals surface area contributed by atoms with Crippen molar-refractivity contribution in [3.8, 4) is 0 Å². The van der Waals surface area contributed by atoms with Crippen LogP contribution < -0.4 is 5.32 Å². The van der Waals surface area contributed by atoms with Gasteiger partial charge in [0, 0.05) is 11.4 Å². The molecule has 1 aromatic heterocycles. The van der Waals surface area contributed by atoms with E-state index in [1.165, 1.54) is 0 Å². The van der Waals surface area contributed by atoms with Crippen molar-refractivity contribution in [3.63, 3.8) is 0 Å². The first-order valence-corrected chi connectivity index (χ1v) is 7.64. The van der Waals surface area contributed by atoms with Gasteiger partial charge in [0.2, 0.25) is 5.91 Å². The van der Waals surface area contributed by atoms with Gasteiger partial charge >= 0.3 is 0 Å². The molecule has 4 heteroatoms. The van der Waals surface area contributed by atoms with Gasteiger partial charge in [0.05, 0.1) is 6.42 Å². The van der Waals surface area contributed by atoms with Crippen LogP contribution in [0, 0.1) is 5.41 Å². The fourth-order valence-corrected chi connectivity index (χ4v) is 3.40. The Morgan fingerprint density at radius 3 is 2.76 bits per heavy atom. The monoisotopic (exact) mass is 317 g/mol. The van der Waals surface area contributed by atoms with Crippen molar-refractivity contribution in [2.24, 2.45) is 5.41 Å². The molecule has 1 amide bonds. The molecule has 1 N–H and O–H groups in total. The summed E-state index contributed by atoms with van der Waals surface area (Å²) in [5.74, 6) is 0.0989. The van der Waals surface area contributed by atoms with Crippen LogP contribution in [-0.4, -0.2) is 17.3 Å². The van der Waals surface area contributed by atoms with Crippen LogP contribution in [-0.2, 0) is 11.2 Å². The molecular weight excluding hydrogens is 298 g/mol. The molecule has 0 aromatic carbocycles. The Morgan fingerprint density at radius 1 is 1.53 bits per heavy atom. The summed E-state index contributed by atoms with van der Waals surface area (Å²) in [4.78, 5) is 12.0. The number of amides is 1. The number of carbonyl (C=O) groups is 1. The van der Waals surface area contributed by atoms with E-state index in [0.717, 1.165) is 12.0 Å². The zero-order chi connectivity index (χ0) is 12.9. The lowest BCUT2D eigenvalue weighted by atomic mass is 9.90. The maximum atomic E-state index is 11.7. The molecule has 0 spiro atoms. The lowest BCUT2D eigenvalue weighted by Gasteiger charge is -2.22.